The van der Waals surface area contributed by atoms with Crippen molar-refractivity contribution in [1.82, 2.24) is 29.4 Å². The highest BCUT2D eigenvalue weighted by atomic mass is 19.1. The Morgan fingerprint density at radius 2 is 1.83 bits per heavy atom. The van der Waals surface area contributed by atoms with Gasteiger partial charge in [0.1, 0.15) is 17.9 Å². The van der Waals surface area contributed by atoms with Gasteiger partial charge in [0.05, 0.1) is 36.8 Å². The lowest BCUT2D eigenvalue weighted by molar-refractivity contribution is -0.142. The van der Waals surface area contributed by atoms with Crippen LogP contribution in [0.5, 0.6) is 0 Å². The van der Waals surface area contributed by atoms with Gasteiger partial charge in [-0.05, 0) is 61.7 Å². The fourth-order valence-electron chi connectivity index (χ4n) is 7.96. The number of nitrogens with one attached hydrogen (secondary N) is 2. The quantitative estimate of drug-likeness (QED) is 0.217. The maximum Gasteiger partial charge on any atom is 0.302 e. The van der Waals surface area contributed by atoms with Crippen molar-refractivity contribution in [2.24, 2.45) is 0 Å². The van der Waals surface area contributed by atoms with Gasteiger partial charge in [-0.1, -0.05) is 0 Å². The molecule has 3 aromatic heterocycles. The summed E-state index contributed by atoms with van der Waals surface area (Å²) in [6, 6.07) is 13.4. The Balaban J connectivity index is 1.03. The number of halogens is 1. The first-order chi connectivity index (χ1) is 25.4. The topological polar surface area (TPSA) is 134 Å². The highest BCUT2D eigenvalue weighted by Gasteiger charge is 2.33. The average molecular weight is 706 g/mol. The molecule has 2 saturated heterocycles. The van der Waals surface area contributed by atoms with Crippen molar-refractivity contribution in [3.63, 3.8) is 0 Å². The summed E-state index contributed by atoms with van der Waals surface area (Å²) in [6.45, 7) is 7.98. The monoisotopic (exact) mass is 705 g/mol. The van der Waals surface area contributed by atoms with E-state index in [1.165, 1.54) is 31.1 Å². The predicted molar refractivity (Wildman–Crippen MR) is 193 cm³/mol. The van der Waals surface area contributed by atoms with Crippen molar-refractivity contribution in [2.45, 2.75) is 51.8 Å². The summed E-state index contributed by atoms with van der Waals surface area (Å²) in [4.78, 5) is 49.8. The number of imidazole rings is 1. The van der Waals surface area contributed by atoms with E-state index < -0.39 is 11.8 Å². The van der Waals surface area contributed by atoms with Gasteiger partial charge in [-0.3, -0.25) is 14.5 Å². The minimum absolute atomic E-state index is 0.181. The molecule has 0 atom stereocenters. The predicted octanol–water partition coefficient (Wildman–Crippen LogP) is 4.83. The van der Waals surface area contributed by atoms with Crippen molar-refractivity contribution in [1.29, 1.82) is 0 Å². The number of fused-ring (bicyclic) bond motifs is 4. The average Bonchev–Trinajstić information content (AvgIpc) is 3.77. The number of carbonyl (C=O) groups is 2. The van der Waals surface area contributed by atoms with E-state index in [1.54, 1.807) is 4.90 Å². The standard InChI is InChI=1S/C38H40FN9O4/c1-23(49)52-21-31-29(16-24(39)17-33(31)48-11-9-32-30(38(48)50)18-27-4-2-3-10-47(27)32)35-43-36-34(40-22-41-36)37(44-35)42-25-5-7-26(8-6-25)45-12-14-46(15-13-45)28-19-51-20-28/h5-8,16-18,22,28H,2-4,9-15,19-21H2,1H3,(H2,40,41,42,43,44). The first kappa shape index (κ1) is 32.6. The Kier molecular flexibility index (Phi) is 8.35. The van der Waals surface area contributed by atoms with E-state index in [1.807, 2.05) is 18.2 Å². The van der Waals surface area contributed by atoms with Crippen LogP contribution in [-0.2, 0) is 40.3 Å². The number of aromatic nitrogens is 5. The van der Waals surface area contributed by atoms with Crippen LogP contribution >= 0.6 is 0 Å². The molecule has 0 aliphatic carbocycles. The molecule has 268 valence electrons. The molecule has 0 bridgehead atoms. The molecule has 7 heterocycles. The number of nitrogens with zero attached hydrogens (tertiary/aromatic N) is 7. The van der Waals surface area contributed by atoms with Gasteiger partial charge in [-0.15, -0.1) is 0 Å². The van der Waals surface area contributed by atoms with Crippen molar-refractivity contribution in [3.05, 3.63) is 77.1 Å². The molecule has 4 aliphatic rings. The van der Waals surface area contributed by atoms with Crippen LogP contribution in [-0.4, -0.2) is 93.3 Å². The first-order valence-electron chi connectivity index (χ1n) is 18.0. The zero-order chi connectivity index (χ0) is 35.3. The summed E-state index contributed by atoms with van der Waals surface area (Å²) in [7, 11) is 0. The third-order valence-corrected chi connectivity index (χ3v) is 10.8. The molecule has 2 N–H and O–H groups in total. The largest absolute Gasteiger partial charge is 0.461 e. The summed E-state index contributed by atoms with van der Waals surface area (Å²) in [6.07, 6.45) is 5.28. The van der Waals surface area contributed by atoms with E-state index in [9.17, 15) is 9.59 Å². The van der Waals surface area contributed by atoms with Gasteiger partial charge in [0.15, 0.2) is 17.3 Å². The number of benzene rings is 2. The van der Waals surface area contributed by atoms with E-state index in [4.69, 9.17) is 19.4 Å². The highest BCUT2D eigenvalue weighted by molar-refractivity contribution is 6.09. The molecular formula is C38H40FN9O4. The van der Waals surface area contributed by atoms with Gasteiger partial charge in [0.25, 0.3) is 5.91 Å². The lowest BCUT2D eigenvalue weighted by Gasteiger charge is -2.43. The number of anilines is 4. The first-order valence-corrected chi connectivity index (χ1v) is 18.0. The molecule has 2 fully saturated rings. The SMILES string of the molecule is CC(=O)OCc1c(-c2nc(Nc3ccc(N4CCN(C5COC5)CC4)cc3)c3[nH]cnc3n2)cc(F)cc1N1CCc2c(cc3n2CCCC3)C1=O. The lowest BCUT2D eigenvalue weighted by atomic mass is 10.00. The normalized spacial score (nSPS) is 17.9. The zero-order valence-electron chi connectivity index (χ0n) is 29.0. The number of rotatable bonds is 8. The van der Waals surface area contributed by atoms with Gasteiger partial charge in [-0.25, -0.2) is 19.3 Å². The fourth-order valence-corrected chi connectivity index (χ4v) is 7.96. The second-order valence-corrected chi connectivity index (χ2v) is 13.9. The Labute approximate surface area is 299 Å². The second kappa shape index (κ2) is 13.3. The molecule has 2 aromatic carbocycles. The molecule has 9 rings (SSSR count). The number of esters is 1. The second-order valence-electron chi connectivity index (χ2n) is 13.9. The van der Waals surface area contributed by atoms with E-state index >= 15 is 4.39 Å². The molecule has 0 spiro atoms. The summed E-state index contributed by atoms with van der Waals surface area (Å²) in [5, 5.41) is 3.41. The molecule has 4 aliphatic heterocycles. The number of H-pyrrole nitrogens is 1. The number of amides is 1. The number of hydrogen-bond acceptors (Lipinski definition) is 10. The van der Waals surface area contributed by atoms with Crippen LogP contribution in [0.4, 0.5) is 27.3 Å². The number of aryl methyl sites for hydroxylation is 1. The zero-order valence-corrected chi connectivity index (χ0v) is 29.0. The molecule has 13 nitrogen and oxygen atoms in total. The van der Waals surface area contributed by atoms with E-state index in [2.05, 4.69) is 41.8 Å². The van der Waals surface area contributed by atoms with Gasteiger partial charge >= 0.3 is 5.97 Å². The van der Waals surface area contributed by atoms with Gasteiger partial charge in [-0.2, -0.15) is 0 Å². The number of piperazine rings is 1. The van der Waals surface area contributed by atoms with E-state index in [0.717, 1.165) is 82.3 Å². The Hall–Kier alpha value is -5.34. The Bertz CT molecular complexity index is 2170. The van der Waals surface area contributed by atoms with Crippen LogP contribution in [0.1, 0.15) is 47.1 Å². The van der Waals surface area contributed by atoms with Gasteiger partial charge in [0.2, 0.25) is 0 Å². The van der Waals surface area contributed by atoms with Crippen LogP contribution in [0.15, 0.2) is 48.8 Å². The Morgan fingerprint density at radius 3 is 2.60 bits per heavy atom. The van der Waals surface area contributed by atoms with E-state index in [0.29, 0.717) is 58.4 Å². The molecule has 52 heavy (non-hydrogen) atoms. The van der Waals surface area contributed by atoms with Crippen LogP contribution in [0.25, 0.3) is 22.6 Å². The van der Waals surface area contributed by atoms with Crippen molar-refractivity contribution in [2.75, 3.05) is 61.1 Å². The van der Waals surface area contributed by atoms with Gasteiger partial charge in [0, 0.05) is 86.5 Å². The maximum absolute atomic E-state index is 15.7. The van der Waals surface area contributed by atoms with Crippen molar-refractivity contribution >= 4 is 45.9 Å². The minimum Gasteiger partial charge on any atom is -0.461 e. The number of aromatic amines is 1. The molecule has 0 saturated carbocycles. The molecule has 5 aromatic rings. The molecule has 0 radical (unpaired) electrons. The molecule has 1 amide bonds. The van der Waals surface area contributed by atoms with Crippen LogP contribution in [0.2, 0.25) is 0 Å². The van der Waals surface area contributed by atoms with Crippen LogP contribution in [0.3, 0.4) is 0 Å². The van der Waals surface area contributed by atoms with Crippen molar-refractivity contribution in [3.8, 4) is 11.4 Å². The lowest BCUT2D eigenvalue weighted by Crippen LogP contribution is -2.56. The summed E-state index contributed by atoms with van der Waals surface area (Å²) < 4.78 is 28.8. The number of ether oxygens (including phenoxy) is 2. The van der Waals surface area contributed by atoms with Crippen LogP contribution in [0, 0.1) is 5.82 Å². The molecule has 14 heteroatoms. The summed E-state index contributed by atoms with van der Waals surface area (Å²) in [5.41, 5.74) is 6.83. The van der Waals surface area contributed by atoms with Crippen LogP contribution < -0.4 is 15.1 Å². The maximum atomic E-state index is 15.7. The van der Waals surface area contributed by atoms with Gasteiger partial charge < -0.3 is 34.1 Å². The number of hydrogen-bond donors (Lipinski definition) is 2. The highest BCUT2D eigenvalue weighted by Crippen LogP contribution is 2.37. The molecule has 0 unspecified atom stereocenters. The smallest absolute Gasteiger partial charge is 0.302 e. The fraction of sp³-hybridized carbons (Fsp3) is 0.395. The number of carbonyl (C=O) groups excluding carboxylic acids is 2. The van der Waals surface area contributed by atoms with Crippen molar-refractivity contribution < 1.29 is 23.5 Å². The van der Waals surface area contributed by atoms with E-state index in [-0.39, 0.29) is 18.3 Å². The summed E-state index contributed by atoms with van der Waals surface area (Å²) in [5.74, 6) is -0.639. The Morgan fingerprint density at radius 1 is 1.00 bits per heavy atom. The third kappa shape index (κ3) is 5.95. The minimum atomic E-state index is -0.566. The summed E-state index contributed by atoms with van der Waals surface area (Å²) >= 11 is 0. The molecular weight excluding hydrogens is 665 g/mol. The third-order valence-electron chi connectivity index (χ3n) is 10.8.